The normalized spacial score (nSPS) is 12.9. The number of hydrogen-bond acceptors (Lipinski definition) is 3. The lowest BCUT2D eigenvalue weighted by Gasteiger charge is -2.22. The summed E-state index contributed by atoms with van der Waals surface area (Å²) in [5, 5.41) is 4.01. The minimum Gasteiger partial charge on any atom is -0.344 e. The van der Waals surface area contributed by atoms with Gasteiger partial charge in [-0.25, -0.2) is 0 Å². The molecule has 0 bridgehead atoms. The lowest BCUT2D eigenvalue weighted by molar-refractivity contribution is -0.131. The molecule has 0 radical (unpaired) electrons. The number of aryl methyl sites for hydroxylation is 1. The van der Waals surface area contributed by atoms with Gasteiger partial charge in [-0.15, -0.1) is 0 Å². The molecule has 0 fully saturated rings. The van der Waals surface area contributed by atoms with Crippen LogP contribution in [-0.4, -0.2) is 34.2 Å². The molecule has 5 heteroatoms. The van der Waals surface area contributed by atoms with Crippen LogP contribution < -0.4 is 5.73 Å². The van der Waals surface area contributed by atoms with E-state index in [2.05, 4.69) is 18.9 Å². The average molecular weight is 224 g/mol. The number of rotatable bonds is 4. The Balaban J connectivity index is 2.67. The van der Waals surface area contributed by atoms with Gasteiger partial charge in [0.1, 0.15) is 6.04 Å². The van der Waals surface area contributed by atoms with Crippen molar-refractivity contribution in [2.24, 2.45) is 18.7 Å². The van der Waals surface area contributed by atoms with Gasteiger partial charge in [-0.05, 0) is 5.92 Å². The Kier molecular flexibility index (Phi) is 4.06. The average Bonchev–Trinajstić information content (AvgIpc) is 2.61. The third-order valence-corrected chi connectivity index (χ3v) is 2.37. The molecule has 0 aromatic carbocycles. The fourth-order valence-electron chi connectivity index (χ4n) is 1.62. The highest BCUT2D eigenvalue weighted by Gasteiger charge is 2.21. The van der Waals surface area contributed by atoms with Crippen molar-refractivity contribution in [1.29, 1.82) is 0 Å². The number of nitrogens with two attached hydrogens (primary N) is 1. The van der Waals surface area contributed by atoms with Crippen LogP contribution in [0.3, 0.4) is 0 Å². The van der Waals surface area contributed by atoms with E-state index in [1.165, 1.54) is 0 Å². The fraction of sp³-hybridized carbons (Fsp3) is 0.636. The second-order valence-corrected chi connectivity index (χ2v) is 4.54. The monoisotopic (exact) mass is 224 g/mol. The van der Waals surface area contributed by atoms with E-state index in [0.717, 1.165) is 5.56 Å². The van der Waals surface area contributed by atoms with Crippen LogP contribution in [0.2, 0.25) is 0 Å². The number of nitrogens with zero attached hydrogens (tertiary/aromatic N) is 3. The largest absolute Gasteiger partial charge is 0.344 e. The quantitative estimate of drug-likeness (QED) is 0.811. The summed E-state index contributed by atoms with van der Waals surface area (Å²) in [5.74, 6) is 0.372. The molecule has 0 spiro atoms. The van der Waals surface area contributed by atoms with Crippen LogP contribution in [0.25, 0.3) is 0 Å². The molecule has 0 aliphatic heterocycles. The summed E-state index contributed by atoms with van der Waals surface area (Å²) in [7, 11) is 3.58. The smallest absolute Gasteiger partial charge is 0.243 e. The zero-order valence-corrected chi connectivity index (χ0v) is 10.3. The van der Waals surface area contributed by atoms with Crippen molar-refractivity contribution in [3.63, 3.8) is 0 Å². The first-order valence-corrected chi connectivity index (χ1v) is 5.41. The molecular weight excluding hydrogens is 204 g/mol. The number of hydrogen-bond donors (Lipinski definition) is 1. The predicted octanol–water partition coefficient (Wildman–Crippen LogP) is 0.534. The SMILES string of the molecule is CC(C)CN(C)C(=O)C(N)c1cnn(C)c1. The Morgan fingerprint density at radius 1 is 1.62 bits per heavy atom. The van der Waals surface area contributed by atoms with Crippen molar-refractivity contribution in [3.05, 3.63) is 18.0 Å². The van der Waals surface area contributed by atoms with Gasteiger partial charge in [-0.1, -0.05) is 13.8 Å². The highest BCUT2D eigenvalue weighted by atomic mass is 16.2. The summed E-state index contributed by atoms with van der Waals surface area (Å²) >= 11 is 0. The molecule has 1 aromatic rings. The van der Waals surface area contributed by atoms with Crippen LogP contribution in [-0.2, 0) is 11.8 Å². The summed E-state index contributed by atoms with van der Waals surface area (Å²) < 4.78 is 1.64. The van der Waals surface area contributed by atoms with Crippen molar-refractivity contribution in [1.82, 2.24) is 14.7 Å². The highest BCUT2D eigenvalue weighted by molar-refractivity contribution is 5.82. The summed E-state index contributed by atoms with van der Waals surface area (Å²) in [6, 6.07) is -0.613. The maximum absolute atomic E-state index is 12.0. The minimum absolute atomic E-state index is 0.0679. The van der Waals surface area contributed by atoms with Crippen LogP contribution >= 0.6 is 0 Å². The van der Waals surface area contributed by atoms with E-state index in [4.69, 9.17) is 5.73 Å². The van der Waals surface area contributed by atoms with Gasteiger partial charge in [0.15, 0.2) is 0 Å². The number of likely N-dealkylation sites (N-methyl/N-ethyl adjacent to an activating group) is 1. The van der Waals surface area contributed by atoms with Gasteiger partial charge < -0.3 is 10.6 Å². The van der Waals surface area contributed by atoms with E-state index >= 15 is 0 Å². The van der Waals surface area contributed by atoms with Crippen LogP contribution in [0.15, 0.2) is 12.4 Å². The Morgan fingerprint density at radius 2 is 2.25 bits per heavy atom. The molecule has 16 heavy (non-hydrogen) atoms. The lowest BCUT2D eigenvalue weighted by Crippen LogP contribution is -2.37. The van der Waals surface area contributed by atoms with Gasteiger partial charge >= 0.3 is 0 Å². The molecule has 0 saturated heterocycles. The Bertz CT molecular complexity index is 359. The Morgan fingerprint density at radius 3 is 2.69 bits per heavy atom. The first-order chi connectivity index (χ1) is 7.41. The number of carbonyl (C=O) groups excluding carboxylic acids is 1. The Labute approximate surface area is 96.2 Å². The van der Waals surface area contributed by atoms with Gasteiger partial charge in [0.2, 0.25) is 5.91 Å². The molecule has 1 rings (SSSR count). The number of amides is 1. The fourth-order valence-corrected chi connectivity index (χ4v) is 1.62. The molecule has 1 aromatic heterocycles. The molecule has 1 amide bonds. The second kappa shape index (κ2) is 5.12. The summed E-state index contributed by atoms with van der Waals surface area (Å²) in [6.07, 6.45) is 3.40. The van der Waals surface area contributed by atoms with Gasteiger partial charge in [0.05, 0.1) is 6.20 Å². The lowest BCUT2D eigenvalue weighted by atomic mass is 10.1. The van der Waals surface area contributed by atoms with Crippen molar-refractivity contribution >= 4 is 5.91 Å². The standard InChI is InChI=1S/C11H20N4O/c1-8(2)6-14(3)11(16)10(12)9-5-13-15(4)7-9/h5,7-8,10H,6,12H2,1-4H3. The van der Waals surface area contributed by atoms with Crippen LogP contribution in [0, 0.1) is 5.92 Å². The number of aromatic nitrogens is 2. The van der Waals surface area contributed by atoms with E-state index in [0.29, 0.717) is 12.5 Å². The third-order valence-electron chi connectivity index (χ3n) is 2.37. The summed E-state index contributed by atoms with van der Waals surface area (Å²) in [4.78, 5) is 13.6. The van der Waals surface area contributed by atoms with E-state index in [9.17, 15) is 4.79 Å². The molecule has 2 N–H and O–H groups in total. The minimum atomic E-state index is -0.613. The molecule has 1 heterocycles. The van der Waals surface area contributed by atoms with E-state index in [1.54, 1.807) is 36.1 Å². The van der Waals surface area contributed by atoms with Crippen molar-refractivity contribution in [3.8, 4) is 0 Å². The maximum atomic E-state index is 12.0. The van der Waals surface area contributed by atoms with Gasteiger partial charge in [0.25, 0.3) is 0 Å². The molecule has 0 saturated carbocycles. The van der Waals surface area contributed by atoms with Crippen molar-refractivity contribution in [2.75, 3.05) is 13.6 Å². The number of carbonyl (C=O) groups is 1. The highest BCUT2D eigenvalue weighted by Crippen LogP contribution is 2.12. The zero-order chi connectivity index (χ0) is 12.3. The molecule has 1 unspecified atom stereocenters. The Hall–Kier alpha value is -1.36. The molecule has 90 valence electrons. The molecule has 5 nitrogen and oxygen atoms in total. The third kappa shape index (κ3) is 3.06. The second-order valence-electron chi connectivity index (χ2n) is 4.54. The molecule has 0 aliphatic carbocycles. The van der Waals surface area contributed by atoms with Crippen molar-refractivity contribution in [2.45, 2.75) is 19.9 Å². The van der Waals surface area contributed by atoms with Crippen LogP contribution in [0.5, 0.6) is 0 Å². The van der Waals surface area contributed by atoms with Gasteiger partial charge in [-0.2, -0.15) is 5.10 Å². The van der Waals surface area contributed by atoms with Crippen molar-refractivity contribution < 1.29 is 4.79 Å². The van der Waals surface area contributed by atoms with Crippen LogP contribution in [0.4, 0.5) is 0 Å². The van der Waals surface area contributed by atoms with Crippen LogP contribution in [0.1, 0.15) is 25.5 Å². The first-order valence-electron chi connectivity index (χ1n) is 5.41. The van der Waals surface area contributed by atoms with Gasteiger partial charge in [-0.3, -0.25) is 9.48 Å². The first kappa shape index (κ1) is 12.7. The maximum Gasteiger partial charge on any atom is 0.243 e. The summed E-state index contributed by atoms with van der Waals surface area (Å²) in [5.41, 5.74) is 6.64. The molecule has 0 aliphatic rings. The topological polar surface area (TPSA) is 64.2 Å². The predicted molar refractivity (Wildman–Crippen MR) is 62.6 cm³/mol. The van der Waals surface area contributed by atoms with E-state index < -0.39 is 6.04 Å². The van der Waals surface area contributed by atoms with Gasteiger partial charge in [0, 0.05) is 32.4 Å². The zero-order valence-electron chi connectivity index (χ0n) is 10.3. The van der Waals surface area contributed by atoms with E-state index in [-0.39, 0.29) is 5.91 Å². The molecule has 1 atom stereocenters. The summed E-state index contributed by atoms with van der Waals surface area (Å²) in [6.45, 7) is 4.85. The van der Waals surface area contributed by atoms with E-state index in [1.807, 2.05) is 0 Å². The molecular formula is C11H20N4O.